The maximum absolute atomic E-state index is 14.4. The number of aromatic nitrogens is 2. The Labute approximate surface area is 260 Å². The summed E-state index contributed by atoms with van der Waals surface area (Å²) < 4.78 is 16.1. The fourth-order valence-corrected chi connectivity index (χ4v) is 6.92. The van der Waals surface area contributed by atoms with Crippen LogP contribution in [0.15, 0.2) is 99.9 Å². The molecule has 0 amide bonds. The topological polar surface area (TPSA) is 74.8 Å². The molecule has 5 aromatic rings. The van der Waals surface area contributed by atoms with Crippen molar-refractivity contribution in [3.8, 4) is 5.75 Å². The summed E-state index contributed by atoms with van der Waals surface area (Å²) in [7, 11) is 0. The molecule has 0 fully saturated rings. The Balaban J connectivity index is 1.57. The van der Waals surface area contributed by atoms with Crippen molar-refractivity contribution >= 4 is 34.3 Å². The lowest BCUT2D eigenvalue weighted by Crippen LogP contribution is -2.40. The Morgan fingerprint density at radius 3 is 2.45 bits per heavy atom. The quantitative estimate of drug-likeness (QED) is 0.207. The third kappa shape index (κ3) is 5.30. The van der Waals surface area contributed by atoms with E-state index in [9.17, 15) is 9.59 Å². The predicted octanol–water partition coefficient (Wildman–Crippen LogP) is 5.90. The minimum absolute atomic E-state index is 0.0979. The van der Waals surface area contributed by atoms with Crippen molar-refractivity contribution in [1.82, 2.24) is 9.13 Å². The van der Waals surface area contributed by atoms with E-state index in [-0.39, 0.29) is 18.3 Å². The number of carbonyl (C=O) groups is 1. The Morgan fingerprint density at radius 2 is 1.70 bits per heavy atom. The van der Waals surface area contributed by atoms with Crippen LogP contribution < -0.4 is 19.6 Å². The summed E-state index contributed by atoms with van der Waals surface area (Å²) in [5.74, 6) is 0.116. The minimum Gasteiger partial charge on any atom is -0.491 e. The molecule has 0 radical (unpaired) electrons. The number of benzene rings is 3. The van der Waals surface area contributed by atoms with Gasteiger partial charge in [-0.3, -0.25) is 9.36 Å². The number of hydrogen-bond acceptors (Lipinski definition) is 6. The van der Waals surface area contributed by atoms with E-state index in [2.05, 4.69) is 35.8 Å². The number of fused-ring (bicyclic) bond motifs is 2. The molecule has 3 aromatic carbocycles. The van der Waals surface area contributed by atoms with Gasteiger partial charge in [0.2, 0.25) is 0 Å². The lowest BCUT2D eigenvalue weighted by Gasteiger charge is -2.26. The largest absolute Gasteiger partial charge is 0.491 e. The number of para-hydroxylation sites is 2. The maximum Gasteiger partial charge on any atom is 0.338 e. The minimum atomic E-state index is -0.747. The Bertz CT molecular complexity index is 2080. The highest BCUT2D eigenvalue weighted by atomic mass is 32.1. The van der Waals surface area contributed by atoms with Crippen molar-refractivity contribution in [3.05, 3.63) is 132 Å². The highest BCUT2D eigenvalue weighted by Crippen LogP contribution is 2.36. The SMILES string of the molecule is CCOC(=O)C1=C(C)N=c2s/c(=C/c3c(C)n(Cc4ccccc4)c4ccccc34)c(=O)n2[C@@H]1c1ccccc1OC(C)C. The zero-order valence-corrected chi connectivity index (χ0v) is 26.4. The fraction of sp³-hybridized carbons (Fsp3) is 0.250. The molecule has 3 heterocycles. The lowest BCUT2D eigenvalue weighted by atomic mass is 9.95. The van der Waals surface area contributed by atoms with Crippen molar-refractivity contribution in [2.45, 2.75) is 53.3 Å². The van der Waals surface area contributed by atoms with Crippen molar-refractivity contribution in [3.63, 3.8) is 0 Å². The van der Waals surface area contributed by atoms with E-state index < -0.39 is 12.0 Å². The number of thiazole rings is 1. The van der Waals surface area contributed by atoms with Gasteiger partial charge in [0.15, 0.2) is 4.80 Å². The Hall–Kier alpha value is -4.69. The van der Waals surface area contributed by atoms with Crippen molar-refractivity contribution in [2.24, 2.45) is 4.99 Å². The summed E-state index contributed by atoms with van der Waals surface area (Å²) in [6, 6.07) is 25.4. The summed E-state index contributed by atoms with van der Waals surface area (Å²) in [6.07, 6.45) is 1.87. The molecule has 7 nitrogen and oxygen atoms in total. The zero-order valence-electron chi connectivity index (χ0n) is 25.5. The van der Waals surface area contributed by atoms with Crippen molar-refractivity contribution in [1.29, 1.82) is 0 Å². The molecule has 6 rings (SSSR count). The normalized spacial score (nSPS) is 15.0. The van der Waals surface area contributed by atoms with E-state index in [4.69, 9.17) is 14.5 Å². The van der Waals surface area contributed by atoms with Crippen LogP contribution >= 0.6 is 11.3 Å². The monoisotopic (exact) mass is 605 g/mol. The molecule has 8 heteroatoms. The number of rotatable bonds is 8. The number of allylic oxidation sites excluding steroid dienone is 1. The highest BCUT2D eigenvalue weighted by Gasteiger charge is 2.35. The number of ether oxygens (including phenoxy) is 2. The second kappa shape index (κ2) is 12.1. The van der Waals surface area contributed by atoms with E-state index in [0.717, 1.165) is 28.7 Å². The molecule has 1 aliphatic rings. The standard InChI is InChI=1S/C36H35N3O4S/c1-6-42-35(41)32-23(4)37-36-39(33(32)27-17-11-13-19-30(27)43-22(2)3)34(40)31(44-36)20-28-24(5)38(21-25-14-8-7-9-15-25)29-18-12-10-16-26(28)29/h7-20,22,33H,6,21H2,1-5H3/b31-20+/t33-/m1/s1. The Morgan fingerprint density at radius 1 is 1.00 bits per heavy atom. The van der Waals surface area contributed by atoms with Gasteiger partial charge in [0.25, 0.3) is 5.56 Å². The van der Waals surface area contributed by atoms with Crippen LogP contribution in [0.4, 0.5) is 0 Å². The fourth-order valence-electron chi connectivity index (χ4n) is 5.89. The van der Waals surface area contributed by atoms with Crippen LogP contribution in [0.2, 0.25) is 0 Å². The smallest absolute Gasteiger partial charge is 0.338 e. The molecular weight excluding hydrogens is 570 g/mol. The summed E-state index contributed by atoms with van der Waals surface area (Å²) in [4.78, 5) is 33.0. The maximum atomic E-state index is 14.4. The van der Waals surface area contributed by atoms with Crippen LogP contribution in [0.5, 0.6) is 5.75 Å². The van der Waals surface area contributed by atoms with Gasteiger partial charge in [0.1, 0.15) is 11.8 Å². The second-order valence-electron chi connectivity index (χ2n) is 11.1. The average molecular weight is 606 g/mol. The first-order valence-corrected chi connectivity index (χ1v) is 15.7. The van der Waals surface area contributed by atoms with Gasteiger partial charge in [0.05, 0.1) is 28.5 Å². The molecule has 1 aliphatic heterocycles. The van der Waals surface area contributed by atoms with E-state index in [1.807, 2.05) is 74.5 Å². The van der Waals surface area contributed by atoms with Crippen LogP contribution in [0.25, 0.3) is 17.0 Å². The molecule has 1 atom stereocenters. The van der Waals surface area contributed by atoms with E-state index in [1.54, 1.807) is 18.4 Å². The summed E-state index contributed by atoms with van der Waals surface area (Å²) in [5.41, 5.74) is 5.71. The van der Waals surface area contributed by atoms with E-state index in [1.165, 1.54) is 16.9 Å². The van der Waals surface area contributed by atoms with Crippen molar-refractivity contribution < 1.29 is 14.3 Å². The van der Waals surface area contributed by atoms with Crippen LogP contribution in [0.3, 0.4) is 0 Å². The number of hydrogen-bond donors (Lipinski definition) is 0. The molecule has 0 bridgehead atoms. The summed E-state index contributed by atoms with van der Waals surface area (Å²) >= 11 is 1.33. The van der Waals surface area contributed by atoms with Gasteiger partial charge >= 0.3 is 5.97 Å². The van der Waals surface area contributed by atoms with Gasteiger partial charge < -0.3 is 14.0 Å². The van der Waals surface area contributed by atoms with Crippen LogP contribution in [0.1, 0.15) is 56.1 Å². The van der Waals surface area contributed by atoms with Crippen LogP contribution in [-0.4, -0.2) is 27.8 Å². The van der Waals surface area contributed by atoms with Gasteiger partial charge in [0, 0.05) is 34.3 Å². The second-order valence-corrected chi connectivity index (χ2v) is 12.1. The van der Waals surface area contributed by atoms with Crippen molar-refractivity contribution in [2.75, 3.05) is 6.61 Å². The molecule has 44 heavy (non-hydrogen) atoms. The zero-order chi connectivity index (χ0) is 31.0. The van der Waals surface area contributed by atoms with Gasteiger partial charge in [-0.1, -0.05) is 78.1 Å². The third-order valence-corrected chi connectivity index (χ3v) is 8.81. The molecule has 0 saturated carbocycles. The molecule has 0 aliphatic carbocycles. The summed E-state index contributed by atoms with van der Waals surface area (Å²) in [6.45, 7) is 10.5. The highest BCUT2D eigenvalue weighted by molar-refractivity contribution is 7.07. The molecule has 0 unspecified atom stereocenters. The molecule has 2 aromatic heterocycles. The molecular formula is C36H35N3O4S. The lowest BCUT2D eigenvalue weighted by molar-refractivity contribution is -0.139. The van der Waals surface area contributed by atoms with Gasteiger partial charge in [-0.15, -0.1) is 0 Å². The van der Waals surface area contributed by atoms with Gasteiger partial charge in [-0.25, -0.2) is 9.79 Å². The molecule has 0 N–H and O–H groups in total. The van der Waals surface area contributed by atoms with E-state index in [0.29, 0.717) is 31.9 Å². The first kappa shape index (κ1) is 29.4. The molecule has 0 spiro atoms. The number of esters is 1. The molecule has 0 saturated heterocycles. The molecule has 224 valence electrons. The van der Waals surface area contributed by atoms with Gasteiger partial charge in [-0.05, 0) is 58.4 Å². The number of nitrogens with zero attached hydrogens (tertiary/aromatic N) is 3. The van der Waals surface area contributed by atoms with Crippen LogP contribution in [0, 0.1) is 6.92 Å². The first-order valence-electron chi connectivity index (χ1n) is 14.9. The van der Waals surface area contributed by atoms with E-state index >= 15 is 0 Å². The first-order chi connectivity index (χ1) is 21.3. The average Bonchev–Trinajstić information content (AvgIpc) is 3.45. The number of carbonyl (C=O) groups excluding carboxylic acids is 1. The summed E-state index contributed by atoms with van der Waals surface area (Å²) in [5, 5.41) is 1.07. The van der Waals surface area contributed by atoms with Gasteiger partial charge in [-0.2, -0.15) is 0 Å². The van der Waals surface area contributed by atoms with Crippen LogP contribution in [-0.2, 0) is 16.1 Å². The third-order valence-electron chi connectivity index (χ3n) is 7.83. The Kier molecular flexibility index (Phi) is 8.10. The predicted molar refractivity (Wildman–Crippen MR) is 175 cm³/mol.